The first-order valence-corrected chi connectivity index (χ1v) is 4.67. The Bertz CT molecular complexity index is 188. The lowest BCUT2D eigenvalue weighted by atomic mass is 9.92. The van der Waals surface area contributed by atoms with Crippen LogP contribution in [0.1, 0.15) is 6.42 Å². The molecule has 12 heavy (non-hydrogen) atoms. The van der Waals surface area contributed by atoms with Gasteiger partial charge in [0.25, 0.3) is 0 Å². The lowest BCUT2D eigenvalue weighted by Gasteiger charge is -2.25. The standard InChI is InChI=1S/C7H11NO2S2/c9-6(11)4-1-5(7(10)12)3-8-2-4/h4-5,8H,1-3H2,(H,9,11)(H,10,12). The Morgan fingerprint density at radius 3 is 1.83 bits per heavy atom. The number of carbonyl (C=O) groups excluding carboxylic acids is 2. The number of rotatable bonds is 2. The van der Waals surface area contributed by atoms with Gasteiger partial charge in [-0.1, -0.05) is 0 Å². The van der Waals surface area contributed by atoms with Crippen molar-refractivity contribution in [1.82, 2.24) is 5.32 Å². The van der Waals surface area contributed by atoms with E-state index in [0.717, 1.165) is 0 Å². The van der Waals surface area contributed by atoms with Crippen LogP contribution in [0.5, 0.6) is 0 Å². The van der Waals surface area contributed by atoms with Crippen molar-refractivity contribution in [3.8, 4) is 0 Å². The van der Waals surface area contributed by atoms with Crippen molar-refractivity contribution in [3.63, 3.8) is 0 Å². The van der Waals surface area contributed by atoms with Crippen molar-refractivity contribution in [2.75, 3.05) is 13.1 Å². The van der Waals surface area contributed by atoms with Gasteiger partial charge in [-0.15, -0.1) is 25.3 Å². The van der Waals surface area contributed by atoms with E-state index in [2.05, 4.69) is 30.6 Å². The van der Waals surface area contributed by atoms with E-state index in [4.69, 9.17) is 0 Å². The third-order valence-corrected chi connectivity index (χ3v) is 2.78. The molecule has 5 heteroatoms. The van der Waals surface area contributed by atoms with E-state index >= 15 is 0 Å². The summed E-state index contributed by atoms with van der Waals surface area (Å²) >= 11 is 7.47. The van der Waals surface area contributed by atoms with Crippen molar-refractivity contribution < 1.29 is 9.59 Å². The van der Waals surface area contributed by atoms with Gasteiger partial charge in [0.1, 0.15) is 0 Å². The highest BCUT2D eigenvalue weighted by Gasteiger charge is 2.27. The molecular formula is C7H11NO2S2. The molecule has 2 unspecified atom stereocenters. The molecule has 0 bridgehead atoms. The normalized spacial score (nSPS) is 29.8. The van der Waals surface area contributed by atoms with E-state index in [0.29, 0.717) is 19.5 Å². The quantitative estimate of drug-likeness (QED) is 0.561. The van der Waals surface area contributed by atoms with Crippen molar-refractivity contribution in [1.29, 1.82) is 0 Å². The molecule has 1 rings (SSSR count). The lowest BCUT2D eigenvalue weighted by Crippen LogP contribution is -2.40. The Labute approximate surface area is 82.1 Å². The zero-order chi connectivity index (χ0) is 9.14. The van der Waals surface area contributed by atoms with Crippen LogP contribution in [-0.2, 0) is 9.59 Å². The Balaban J connectivity index is 2.51. The van der Waals surface area contributed by atoms with Gasteiger partial charge in [-0.2, -0.15) is 0 Å². The number of nitrogens with one attached hydrogen (secondary N) is 1. The van der Waals surface area contributed by atoms with Gasteiger partial charge < -0.3 is 5.32 Å². The maximum absolute atomic E-state index is 10.9. The van der Waals surface area contributed by atoms with Crippen molar-refractivity contribution in [2.45, 2.75) is 6.42 Å². The van der Waals surface area contributed by atoms with Gasteiger partial charge in [-0.05, 0) is 6.42 Å². The molecule has 1 saturated heterocycles. The monoisotopic (exact) mass is 205 g/mol. The van der Waals surface area contributed by atoms with Gasteiger partial charge >= 0.3 is 0 Å². The molecular weight excluding hydrogens is 194 g/mol. The van der Waals surface area contributed by atoms with Crippen molar-refractivity contribution >= 4 is 35.5 Å². The fourth-order valence-corrected chi connectivity index (χ4v) is 1.71. The summed E-state index contributed by atoms with van der Waals surface area (Å²) in [4.78, 5) is 21.7. The zero-order valence-corrected chi connectivity index (χ0v) is 8.28. The molecule has 0 spiro atoms. The van der Waals surface area contributed by atoms with E-state index in [9.17, 15) is 9.59 Å². The number of hydrogen-bond donors (Lipinski definition) is 3. The van der Waals surface area contributed by atoms with E-state index < -0.39 is 0 Å². The second-order valence-electron chi connectivity index (χ2n) is 2.96. The number of hydrogen-bond acceptors (Lipinski definition) is 3. The van der Waals surface area contributed by atoms with Crippen LogP contribution in [0.3, 0.4) is 0 Å². The molecule has 68 valence electrons. The highest BCUT2D eigenvalue weighted by Crippen LogP contribution is 2.20. The van der Waals surface area contributed by atoms with Crippen molar-refractivity contribution in [3.05, 3.63) is 0 Å². The first-order valence-electron chi connectivity index (χ1n) is 3.77. The van der Waals surface area contributed by atoms with Crippen LogP contribution in [0.15, 0.2) is 0 Å². The summed E-state index contributed by atoms with van der Waals surface area (Å²) in [6, 6.07) is 0. The van der Waals surface area contributed by atoms with Crippen LogP contribution in [0.4, 0.5) is 0 Å². The van der Waals surface area contributed by atoms with Crippen LogP contribution in [0.2, 0.25) is 0 Å². The predicted molar refractivity (Wildman–Crippen MR) is 52.5 cm³/mol. The first kappa shape index (κ1) is 10.1. The molecule has 0 aromatic heterocycles. The SMILES string of the molecule is O=C(S)C1CNCC(C(=O)S)C1. The Morgan fingerprint density at radius 2 is 1.50 bits per heavy atom. The second kappa shape index (κ2) is 4.30. The summed E-state index contributed by atoms with van der Waals surface area (Å²) in [5, 5.41) is 2.71. The first-order chi connectivity index (χ1) is 5.61. The van der Waals surface area contributed by atoms with Crippen LogP contribution in [-0.4, -0.2) is 23.3 Å². The average molecular weight is 205 g/mol. The Kier molecular flexibility index (Phi) is 3.61. The molecule has 0 aliphatic carbocycles. The van der Waals surface area contributed by atoms with Crippen LogP contribution >= 0.6 is 25.3 Å². The number of thiol groups is 2. The van der Waals surface area contributed by atoms with Gasteiger partial charge in [0.2, 0.25) is 0 Å². The summed E-state index contributed by atoms with van der Waals surface area (Å²) in [5.41, 5.74) is 0. The molecule has 0 saturated carbocycles. The van der Waals surface area contributed by atoms with Gasteiger partial charge in [-0.3, -0.25) is 9.59 Å². The minimum atomic E-state index is -0.151. The summed E-state index contributed by atoms with van der Waals surface area (Å²) in [5.74, 6) is -0.272. The lowest BCUT2D eigenvalue weighted by molar-refractivity contribution is -0.118. The van der Waals surface area contributed by atoms with Crippen LogP contribution in [0, 0.1) is 11.8 Å². The van der Waals surface area contributed by atoms with Crippen LogP contribution < -0.4 is 5.32 Å². The maximum atomic E-state index is 10.9. The summed E-state index contributed by atoms with van der Waals surface area (Å²) in [6.45, 7) is 1.25. The minimum Gasteiger partial charge on any atom is -0.315 e. The molecule has 1 N–H and O–H groups in total. The molecule has 0 radical (unpaired) electrons. The number of piperidine rings is 1. The predicted octanol–water partition coefficient (Wildman–Crippen LogP) is 0.125. The molecule has 0 aromatic rings. The van der Waals surface area contributed by atoms with Gasteiger partial charge in [0.05, 0.1) is 0 Å². The largest absolute Gasteiger partial charge is 0.315 e. The third-order valence-electron chi connectivity index (χ3n) is 2.05. The highest BCUT2D eigenvalue weighted by atomic mass is 32.1. The molecule has 1 fully saturated rings. The van der Waals surface area contributed by atoms with E-state index in [1.807, 2.05) is 0 Å². The van der Waals surface area contributed by atoms with Gasteiger partial charge in [0.15, 0.2) is 10.2 Å². The van der Waals surface area contributed by atoms with E-state index in [-0.39, 0.29) is 22.1 Å². The second-order valence-corrected chi connectivity index (χ2v) is 3.85. The van der Waals surface area contributed by atoms with Gasteiger partial charge in [0, 0.05) is 24.9 Å². The molecule has 0 aromatic carbocycles. The fraction of sp³-hybridized carbons (Fsp3) is 0.714. The molecule has 2 atom stereocenters. The van der Waals surface area contributed by atoms with E-state index in [1.54, 1.807) is 0 Å². The Morgan fingerprint density at radius 1 is 1.08 bits per heavy atom. The van der Waals surface area contributed by atoms with Gasteiger partial charge in [-0.25, -0.2) is 0 Å². The third kappa shape index (κ3) is 2.50. The fourth-order valence-electron chi connectivity index (χ4n) is 1.32. The summed E-state index contributed by atoms with van der Waals surface area (Å²) < 4.78 is 0. The Hall–Kier alpha value is -0.000000000000000111. The smallest absolute Gasteiger partial charge is 0.190 e. The molecule has 1 aliphatic heterocycles. The summed E-state index contributed by atoms with van der Waals surface area (Å²) in [7, 11) is 0. The molecule has 1 aliphatic rings. The molecule has 0 amide bonds. The molecule has 1 heterocycles. The average Bonchev–Trinajstić information content (AvgIpc) is 2.04. The minimum absolute atomic E-state index is 0.136. The van der Waals surface area contributed by atoms with Crippen molar-refractivity contribution in [2.24, 2.45) is 11.8 Å². The molecule has 3 nitrogen and oxygen atoms in total. The summed E-state index contributed by atoms with van der Waals surface area (Å²) in [6.07, 6.45) is 0.581. The van der Waals surface area contributed by atoms with Crippen LogP contribution in [0.25, 0.3) is 0 Å². The number of carbonyl (C=O) groups is 2. The zero-order valence-electron chi connectivity index (χ0n) is 6.49. The topological polar surface area (TPSA) is 46.2 Å². The highest BCUT2D eigenvalue weighted by molar-refractivity contribution is 7.96. The maximum Gasteiger partial charge on any atom is 0.190 e. The van der Waals surface area contributed by atoms with E-state index in [1.165, 1.54) is 0 Å².